The number of benzene rings is 2. The van der Waals surface area contributed by atoms with Gasteiger partial charge in [0.15, 0.2) is 11.7 Å². The van der Waals surface area contributed by atoms with Crippen LogP contribution in [0, 0.1) is 23.7 Å². The minimum Gasteiger partial charge on any atom is -0.459 e. The Morgan fingerprint density at radius 1 is 0.898 bits per heavy atom. The van der Waals surface area contributed by atoms with Gasteiger partial charge in [-0.1, -0.05) is 113 Å². The summed E-state index contributed by atoms with van der Waals surface area (Å²) in [5.41, 5.74) is -8.65. The Labute approximate surface area is 347 Å². The molecule has 8 bridgehead atoms. The van der Waals surface area contributed by atoms with Gasteiger partial charge in [-0.2, -0.15) is 0 Å². The Bertz CT molecular complexity index is 2030. The molecule has 2 aromatic rings. The number of esters is 2. The van der Waals surface area contributed by atoms with Crippen LogP contribution < -0.4 is 0 Å². The van der Waals surface area contributed by atoms with Gasteiger partial charge in [-0.05, 0) is 37.0 Å². The number of aliphatic hydroxyl groups excluding tert-OH is 2. The average molecular weight is 837 g/mol. The number of carbonyl (C=O) groups excluding carboxylic acids is 2. The summed E-state index contributed by atoms with van der Waals surface area (Å²) in [4.78, 5) is 27.4. The van der Waals surface area contributed by atoms with Gasteiger partial charge in [0.1, 0.15) is 53.4 Å². The van der Waals surface area contributed by atoms with Gasteiger partial charge in [0.05, 0.1) is 24.0 Å². The third kappa shape index (κ3) is 5.69. The topological polar surface area (TPSA) is 194 Å². The lowest BCUT2D eigenvalue weighted by Crippen LogP contribution is -2.89. The molecule has 7 fully saturated rings. The molecule has 15 atom stereocenters. The quantitative estimate of drug-likeness (QED) is 0.213. The molecule has 10 rings (SSSR count). The fourth-order valence-corrected chi connectivity index (χ4v) is 11.7. The number of aliphatic hydroxyl groups is 5. The zero-order valence-electron chi connectivity index (χ0n) is 33.4. The number of ether oxygens (including phenoxy) is 6. The van der Waals surface area contributed by atoms with E-state index < -0.39 is 107 Å². The molecule has 2 saturated carbocycles. The van der Waals surface area contributed by atoms with Crippen LogP contribution in [0.3, 0.4) is 0 Å². The van der Waals surface area contributed by atoms with E-state index >= 15 is 0 Å². The van der Waals surface area contributed by atoms with E-state index in [4.69, 9.17) is 40.0 Å². The number of carbonyl (C=O) groups is 2. The van der Waals surface area contributed by atoms with E-state index in [1.807, 2.05) is 6.92 Å². The van der Waals surface area contributed by atoms with E-state index in [1.165, 1.54) is 5.54 Å². The first-order chi connectivity index (χ1) is 28.2. The molecule has 59 heavy (non-hydrogen) atoms. The smallest absolute Gasteiger partial charge is 0.338 e. The zero-order chi connectivity index (χ0) is 41.8. The predicted octanol–water partition coefficient (Wildman–Crippen LogP) is 4.16. The van der Waals surface area contributed by atoms with Crippen molar-refractivity contribution in [3.63, 3.8) is 0 Å². The summed E-state index contributed by atoms with van der Waals surface area (Å²) in [6, 6.07) is 17.1. The lowest BCUT2D eigenvalue weighted by atomic mass is 9.50. The average Bonchev–Trinajstić information content (AvgIpc) is 3.91. The molecule has 1 spiro atoms. The lowest BCUT2D eigenvalue weighted by Gasteiger charge is -2.73. The predicted molar refractivity (Wildman–Crippen MR) is 209 cm³/mol. The normalized spacial score (nSPS) is 47.1. The van der Waals surface area contributed by atoms with Crippen molar-refractivity contribution in [1.82, 2.24) is 0 Å². The summed E-state index contributed by atoms with van der Waals surface area (Å²) in [6.07, 6.45) is -1.58. The number of rotatable bonds is 5. The highest BCUT2D eigenvalue weighted by atomic mass is 35.5. The van der Waals surface area contributed by atoms with Gasteiger partial charge in [0.2, 0.25) is 0 Å². The van der Waals surface area contributed by atoms with Gasteiger partial charge in [-0.15, -0.1) is 0 Å². The Morgan fingerprint density at radius 2 is 1.56 bits per heavy atom. The molecule has 5 aliphatic heterocycles. The fourth-order valence-electron chi connectivity index (χ4n) is 11.6. The van der Waals surface area contributed by atoms with E-state index in [1.54, 1.807) is 80.6 Å². The largest absolute Gasteiger partial charge is 0.459 e. The highest BCUT2D eigenvalue weighted by molar-refractivity contribution is 6.26. The van der Waals surface area contributed by atoms with E-state index in [9.17, 15) is 35.1 Å². The highest BCUT2D eigenvalue weighted by Gasteiger charge is 2.90. The Hall–Kier alpha value is -3.21. The van der Waals surface area contributed by atoms with Crippen LogP contribution in [0.2, 0.25) is 0 Å². The van der Waals surface area contributed by atoms with Crippen molar-refractivity contribution in [2.75, 3.05) is 13.2 Å². The molecule has 8 aliphatic rings. The van der Waals surface area contributed by atoms with Gasteiger partial charge in [0.25, 0.3) is 0 Å². The summed E-state index contributed by atoms with van der Waals surface area (Å²) in [6.45, 7) is 4.03. The Morgan fingerprint density at radius 3 is 2.24 bits per heavy atom. The molecule has 0 amide bonds. The summed E-state index contributed by atoms with van der Waals surface area (Å²) >= 11 is 6.49. The maximum atomic E-state index is 13.9. The first kappa shape index (κ1) is 41.2. The minimum absolute atomic E-state index is 0.0383. The summed E-state index contributed by atoms with van der Waals surface area (Å²) < 4.78 is 39.4. The maximum Gasteiger partial charge on any atom is 0.338 e. The van der Waals surface area contributed by atoms with E-state index in [0.29, 0.717) is 18.4 Å². The van der Waals surface area contributed by atoms with Crippen LogP contribution in [-0.2, 0) is 39.2 Å². The second-order valence-electron chi connectivity index (χ2n) is 18.1. The molecule has 3 aliphatic carbocycles. The van der Waals surface area contributed by atoms with Crippen LogP contribution in [0.5, 0.6) is 0 Å². The fraction of sp³-hybridized carbons (Fsp3) is 0.600. The van der Waals surface area contributed by atoms with Crippen LogP contribution in [0.4, 0.5) is 0 Å². The van der Waals surface area contributed by atoms with Gasteiger partial charge >= 0.3 is 17.9 Å². The first-order valence-corrected chi connectivity index (χ1v) is 21.3. The number of hydrogen-bond acceptors (Lipinski definition) is 13. The molecule has 13 nitrogen and oxygen atoms in total. The van der Waals surface area contributed by atoms with Crippen LogP contribution in [0.25, 0.3) is 0 Å². The second-order valence-corrected chi connectivity index (χ2v) is 18.3. The van der Waals surface area contributed by atoms with Gasteiger partial charge < -0.3 is 54.0 Å². The number of epoxide rings is 1. The molecule has 5 N–H and O–H groups in total. The summed E-state index contributed by atoms with van der Waals surface area (Å²) in [5, 5.41) is 64.2. The SMILES string of the molecule is CC1CCCCCCC(C)C(=O)O[C@H]2/C(=C/Cl)C=C3[C@]2(O)[C@H](O)[C@@]2(CO)O[C@H]2[C@H]2[C@H]4OC5(c6ccccc6)O[C@@H]([C@@H](C)[C@]32O5)[C@]4(O)C(O)(COC(=O)c2ccccc2)C1. The van der Waals surface area contributed by atoms with Crippen LogP contribution in [0.15, 0.2) is 83.4 Å². The molecule has 318 valence electrons. The van der Waals surface area contributed by atoms with Crippen LogP contribution in [-0.4, -0.2) is 109 Å². The molecular weight excluding hydrogens is 784 g/mol. The molecule has 5 heterocycles. The number of hydrogen-bond donors (Lipinski definition) is 5. The zero-order valence-corrected chi connectivity index (χ0v) is 34.1. The Balaban J connectivity index is 1.27. The molecule has 2 aromatic carbocycles. The van der Waals surface area contributed by atoms with Gasteiger partial charge in [-0.25, -0.2) is 4.79 Å². The third-order valence-electron chi connectivity index (χ3n) is 14.6. The van der Waals surface area contributed by atoms with Crippen LogP contribution >= 0.6 is 11.6 Å². The molecule has 0 radical (unpaired) electrons. The number of halogens is 1. The number of fused-ring (bicyclic) bond motifs is 1. The van der Waals surface area contributed by atoms with E-state index in [2.05, 4.69) is 0 Å². The molecule has 5 saturated heterocycles. The van der Waals surface area contributed by atoms with Crippen molar-refractivity contribution in [2.45, 2.75) is 130 Å². The van der Waals surface area contributed by atoms with Gasteiger partial charge in [0, 0.05) is 28.2 Å². The van der Waals surface area contributed by atoms with Crippen molar-refractivity contribution in [2.24, 2.45) is 23.7 Å². The molecule has 0 aromatic heterocycles. The molecular formula is C45H53ClO13. The van der Waals surface area contributed by atoms with Crippen molar-refractivity contribution in [3.05, 3.63) is 94.5 Å². The summed E-state index contributed by atoms with van der Waals surface area (Å²) in [7, 11) is 0. The first-order valence-electron chi connectivity index (χ1n) is 20.9. The van der Waals surface area contributed by atoms with E-state index in [-0.39, 0.29) is 29.0 Å². The third-order valence-corrected chi connectivity index (χ3v) is 14.9. The van der Waals surface area contributed by atoms with Crippen molar-refractivity contribution in [3.8, 4) is 0 Å². The lowest BCUT2D eigenvalue weighted by molar-refractivity contribution is -0.584. The Kier molecular flexibility index (Phi) is 10.1. The highest BCUT2D eigenvalue weighted by Crippen LogP contribution is 2.74. The van der Waals surface area contributed by atoms with E-state index in [0.717, 1.165) is 25.7 Å². The molecule has 14 heteroatoms. The van der Waals surface area contributed by atoms with Gasteiger partial charge in [-0.3, -0.25) is 4.79 Å². The maximum absolute atomic E-state index is 13.9. The molecule has 4 unspecified atom stereocenters. The van der Waals surface area contributed by atoms with Crippen molar-refractivity contribution < 1.29 is 63.5 Å². The van der Waals surface area contributed by atoms with Crippen LogP contribution in [0.1, 0.15) is 81.6 Å². The minimum atomic E-state index is -2.49. The second kappa shape index (κ2) is 14.4. The standard InChI is InChI=1S/C45H53ClO13/c1-25-14-8-4-5-9-15-26(2)37(48)55-34-29(22-46)20-31-42(34,52)39(50)41(23-47)35(56-41)32-36-44(53,40(51,21-25)24-54-38(49)28-16-10-6-11-17-28)33-27(3)43(31,32)59-45(57-33,58-36)30-18-12-7-13-19-30/h6-7,10-13,16-20,22,25-27,32-36,39,47,50-53H,4-5,8-9,14-15,21,23-24H2,1-3H3/b29-22+/t25?,26?,27-,32+,33+,34+,35+,36-,39-,40?,41+,42-,43+,44-,45?/m1/s1. The summed E-state index contributed by atoms with van der Waals surface area (Å²) in [5.74, 6) is -6.29. The van der Waals surface area contributed by atoms with Crippen molar-refractivity contribution >= 4 is 23.5 Å². The monoisotopic (exact) mass is 836 g/mol. The van der Waals surface area contributed by atoms with Crippen molar-refractivity contribution in [1.29, 1.82) is 0 Å².